The van der Waals surface area contributed by atoms with Gasteiger partial charge in [-0.05, 0) is 19.8 Å². The summed E-state index contributed by atoms with van der Waals surface area (Å²) in [5, 5.41) is 9.95. The maximum absolute atomic E-state index is 8.89. The van der Waals surface area contributed by atoms with Crippen LogP contribution in [0, 0.1) is 18.3 Å². The average molecular weight is 254 g/mol. The molecule has 0 bridgehead atoms. The second-order valence-electron chi connectivity index (χ2n) is 4.80. The van der Waals surface area contributed by atoms with Gasteiger partial charge in [-0.1, -0.05) is 29.8 Å². The molecular formula is C15H14N2S. The molecule has 18 heavy (non-hydrogen) atoms. The third kappa shape index (κ3) is 2.16. The number of nitriles is 1. The number of aryl methyl sites for hydroxylation is 1. The molecule has 0 atom stereocenters. The number of rotatable bonds is 3. The number of nitrogens with zero attached hydrogens (tertiary/aromatic N) is 2. The maximum atomic E-state index is 8.89. The molecule has 1 saturated carbocycles. The van der Waals surface area contributed by atoms with Crippen LogP contribution in [0.3, 0.4) is 0 Å². The molecule has 3 rings (SSSR count). The quantitative estimate of drug-likeness (QED) is 0.828. The van der Waals surface area contributed by atoms with Crippen LogP contribution in [0.5, 0.6) is 0 Å². The molecule has 2 aromatic rings. The van der Waals surface area contributed by atoms with Crippen LogP contribution in [0.2, 0.25) is 0 Å². The fraction of sp³-hybridized carbons (Fsp3) is 0.333. The normalized spacial score (nSPS) is 14.4. The van der Waals surface area contributed by atoms with Gasteiger partial charge in [0.25, 0.3) is 0 Å². The predicted molar refractivity (Wildman–Crippen MR) is 73.6 cm³/mol. The topological polar surface area (TPSA) is 36.7 Å². The number of benzene rings is 1. The molecule has 0 N–H and O–H groups in total. The molecule has 1 aromatic heterocycles. The Labute approximate surface area is 111 Å². The van der Waals surface area contributed by atoms with Crippen LogP contribution in [0.4, 0.5) is 0 Å². The second-order valence-corrected chi connectivity index (χ2v) is 5.89. The van der Waals surface area contributed by atoms with E-state index in [4.69, 9.17) is 10.2 Å². The van der Waals surface area contributed by atoms with Crippen molar-refractivity contribution in [3.63, 3.8) is 0 Å². The number of hydrogen-bond donors (Lipinski definition) is 0. The number of thiazole rings is 1. The van der Waals surface area contributed by atoms with E-state index >= 15 is 0 Å². The van der Waals surface area contributed by atoms with Gasteiger partial charge < -0.3 is 0 Å². The molecule has 0 unspecified atom stereocenters. The third-order valence-electron chi connectivity index (χ3n) is 3.23. The Morgan fingerprint density at radius 2 is 2.06 bits per heavy atom. The Hall–Kier alpha value is -1.66. The van der Waals surface area contributed by atoms with E-state index in [9.17, 15) is 0 Å². The molecule has 0 saturated heterocycles. The van der Waals surface area contributed by atoms with Crippen molar-refractivity contribution in [3.8, 4) is 16.6 Å². The highest BCUT2D eigenvalue weighted by atomic mass is 32.1. The molecule has 2 nitrogen and oxygen atoms in total. The van der Waals surface area contributed by atoms with Crippen molar-refractivity contribution in [2.24, 2.45) is 0 Å². The first-order chi connectivity index (χ1) is 8.78. The van der Waals surface area contributed by atoms with E-state index in [0.29, 0.717) is 12.3 Å². The largest absolute Gasteiger partial charge is 0.240 e. The highest BCUT2D eigenvalue weighted by Crippen LogP contribution is 2.44. The zero-order valence-corrected chi connectivity index (χ0v) is 11.1. The Balaban J connectivity index is 1.99. The lowest BCUT2D eigenvalue weighted by Crippen LogP contribution is -1.86. The van der Waals surface area contributed by atoms with Gasteiger partial charge >= 0.3 is 0 Å². The molecule has 3 heteroatoms. The van der Waals surface area contributed by atoms with Gasteiger partial charge in [0.1, 0.15) is 5.01 Å². The monoisotopic (exact) mass is 254 g/mol. The van der Waals surface area contributed by atoms with Gasteiger partial charge in [0.2, 0.25) is 0 Å². The highest BCUT2D eigenvalue weighted by Gasteiger charge is 2.29. The summed E-state index contributed by atoms with van der Waals surface area (Å²) in [5.74, 6) is 0.615. The fourth-order valence-electron chi connectivity index (χ4n) is 2.06. The van der Waals surface area contributed by atoms with Crippen LogP contribution in [0.25, 0.3) is 10.6 Å². The van der Waals surface area contributed by atoms with Gasteiger partial charge in [-0.2, -0.15) is 5.26 Å². The minimum atomic E-state index is 0.495. The lowest BCUT2D eigenvalue weighted by atomic mass is 10.1. The average Bonchev–Trinajstić information content (AvgIpc) is 3.13. The van der Waals surface area contributed by atoms with Crippen molar-refractivity contribution in [2.75, 3.05) is 0 Å². The zero-order chi connectivity index (χ0) is 12.5. The molecule has 0 spiro atoms. The first kappa shape index (κ1) is 11.4. The number of hydrogen-bond acceptors (Lipinski definition) is 3. The van der Waals surface area contributed by atoms with Gasteiger partial charge in [0.15, 0.2) is 0 Å². The van der Waals surface area contributed by atoms with Crippen LogP contribution in [-0.2, 0) is 6.42 Å². The fourth-order valence-corrected chi connectivity index (χ4v) is 3.14. The van der Waals surface area contributed by atoms with Gasteiger partial charge in [-0.15, -0.1) is 11.3 Å². The lowest BCUT2D eigenvalue weighted by Gasteiger charge is -1.96. The molecule has 1 fully saturated rings. The van der Waals surface area contributed by atoms with Gasteiger partial charge in [0.05, 0.1) is 18.2 Å². The predicted octanol–water partition coefficient (Wildman–Crippen LogP) is 4.06. The van der Waals surface area contributed by atoms with Crippen LogP contribution in [-0.4, -0.2) is 4.98 Å². The molecule has 1 aromatic carbocycles. The Bertz CT molecular complexity index is 600. The summed E-state index contributed by atoms with van der Waals surface area (Å²) in [6, 6.07) is 10.7. The summed E-state index contributed by atoms with van der Waals surface area (Å²) < 4.78 is 0. The van der Waals surface area contributed by atoms with E-state index in [0.717, 1.165) is 15.4 Å². The van der Waals surface area contributed by atoms with Crippen LogP contribution < -0.4 is 0 Å². The van der Waals surface area contributed by atoms with Gasteiger partial charge in [-0.3, -0.25) is 0 Å². The van der Waals surface area contributed by atoms with E-state index in [1.165, 1.54) is 24.1 Å². The van der Waals surface area contributed by atoms with Crippen LogP contribution >= 0.6 is 11.3 Å². The summed E-state index contributed by atoms with van der Waals surface area (Å²) in [6.07, 6.45) is 2.96. The maximum Gasteiger partial charge on any atom is 0.123 e. The molecule has 0 aliphatic heterocycles. The standard InChI is InChI=1S/C15H14N2S/c1-10-2-4-12(5-3-10)15-17-14(11-6-7-11)13(18-15)8-9-16/h2-5,11H,6-8H2,1H3. The summed E-state index contributed by atoms with van der Waals surface area (Å²) in [4.78, 5) is 5.92. The summed E-state index contributed by atoms with van der Waals surface area (Å²) in [6.45, 7) is 2.09. The van der Waals surface area contributed by atoms with E-state index in [1.807, 2.05) is 0 Å². The van der Waals surface area contributed by atoms with E-state index in [-0.39, 0.29) is 0 Å². The van der Waals surface area contributed by atoms with Crippen molar-refractivity contribution >= 4 is 11.3 Å². The van der Waals surface area contributed by atoms with Crippen molar-refractivity contribution in [1.29, 1.82) is 5.26 Å². The van der Waals surface area contributed by atoms with Gasteiger partial charge in [0, 0.05) is 16.4 Å². The van der Waals surface area contributed by atoms with Crippen molar-refractivity contribution in [1.82, 2.24) is 4.98 Å². The Kier molecular flexibility index (Phi) is 2.89. The van der Waals surface area contributed by atoms with Crippen molar-refractivity contribution in [3.05, 3.63) is 40.4 Å². The summed E-state index contributed by atoms with van der Waals surface area (Å²) in [5.41, 5.74) is 3.60. The third-order valence-corrected chi connectivity index (χ3v) is 4.35. The van der Waals surface area contributed by atoms with Gasteiger partial charge in [-0.25, -0.2) is 4.98 Å². The van der Waals surface area contributed by atoms with E-state index < -0.39 is 0 Å². The Morgan fingerprint density at radius 1 is 1.33 bits per heavy atom. The smallest absolute Gasteiger partial charge is 0.123 e. The number of aromatic nitrogens is 1. The minimum Gasteiger partial charge on any atom is -0.240 e. The second kappa shape index (κ2) is 4.55. The lowest BCUT2D eigenvalue weighted by molar-refractivity contribution is 1.02. The minimum absolute atomic E-state index is 0.495. The molecular weight excluding hydrogens is 240 g/mol. The molecule has 0 radical (unpaired) electrons. The molecule has 1 aliphatic rings. The van der Waals surface area contributed by atoms with Crippen LogP contribution in [0.1, 0.15) is 34.9 Å². The van der Waals surface area contributed by atoms with Crippen LogP contribution in [0.15, 0.2) is 24.3 Å². The van der Waals surface area contributed by atoms with E-state index in [1.54, 1.807) is 11.3 Å². The SMILES string of the molecule is Cc1ccc(-c2nc(C3CC3)c(CC#N)s2)cc1. The first-order valence-corrected chi connectivity index (χ1v) is 7.03. The molecule has 1 heterocycles. The van der Waals surface area contributed by atoms with Crippen molar-refractivity contribution in [2.45, 2.75) is 32.1 Å². The molecule has 1 aliphatic carbocycles. The van der Waals surface area contributed by atoms with E-state index in [2.05, 4.69) is 37.3 Å². The highest BCUT2D eigenvalue weighted by molar-refractivity contribution is 7.15. The van der Waals surface area contributed by atoms with Crippen molar-refractivity contribution < 1.29 is 0 Å². The summed E-state index contributed by atoms with van der Waals surface area (Å²) in [7, 11) is 0. The summed E-state index contributed by atoms with van der Waals surface area (Å²) >= 11 is 1.68. The Morgan fingerprint density at radius 3 is 2.67 bits per heavy atom. The molecule has 90 valence electrons. The first-order valence-electron chi connectivity index (χ1n) is 6.21. The molecule has 0 amide bonds. The zero-order valence-electron chi connectivity index (χ0n) is 10.3.